The Labute approximate surface area is 233 Å². The van der Waals surface area contributed by atoms with Crippen LogP contribution in [0.4, 0.5) is 0 Å². The van der Waals surface area contributed by atoms with Gasteiger partial charge in [0.05, 0.1) is 6.04 Å². The van der Waals surface area contributed by atoms with Crippen LogP contribution in [0.25, 0.3) is 11.1 Å². The van der Waals surface area contributed by atoms with Crippen LogP contribution in [0.1, 0.15) is 30.9 Å². The van der Waals surface area contributed by atoms with Gasteiger partial charge in [0.1, 0.15) is 23.6 Å². The number of carboxylic acids is 1. The average molecular weight is 550 g/mol. The summed E-state index contributed by atoms with van der Waals surface area (Å²) in [6.45, 7) is 2.22. The van der Waals surface area contributed by atoms with E-state index in [4.69, 9.17) is 15.9 Å². The van der Waals surface area contributed by atoms with Crippen molar-refractivity contribution in [1.82, 2.24) is 4.90 Å². The van der Waals surface area contributed by atoms with E-state index in [0.717, 1.165) is 28.9 Å². The van der Waals surface area contributed by atoms with E-state index in [9.17, 15) is 14.7 Å². The van der Waals surface area contributed by atoms with Crippen LogP contribution in [0.5, 0.6) is 5.75 Å². The molecule has 8 nitrogen and oxygen atoms in total. The van der Waals surface area contributed by atoms with Crippen molar-refractivity contribution in [2.45, 2.75) is 37.1 Å². The van der Waals surface area contributed by atoms with Crippen LogP contribution in [-0.2, 0) is 16.0 Å². The Hall–Kier alpha value is -3.82. The van der Waals surface area contributed by atoms with Crippen LogP contribution in [0.15, 0.2) is 77.7 Å². The summed E-state index contributed by atoms with van der Waals surface area (Å²) < 4.78 is 6.22. The summed E-state index contributed by atoms with van der Waals surface area (Å²) in [5, 5.41) is 17.4. The van der Waals surface area contributed by atoms with E-state index in [2.05, 4.69) is 12.1 Å². The zero-order chi connectivity index (χ0) is 27.3. The summed E-state index contributed by atoms with van der Waals surface area (Å²) in [4.78, 5) is 27.8. The van der Waals surface area contributed by atoms with Crippen molar-refractivity contribution in [3.63, 3.8) is 0 Å². The molecule has 0 bridgehead atoms. The summed E-state index contributed by atoms with van der Waals surface area (Å²) in [6.07, 6.45) is 3.74. The number of amidine groups is 1. The third-order valence-electron chi connectivity index (χ3n) is 7.12. The molecule has 1 fully saturated rings. The molecule has 0 saturated carbocycles. The van der Waals surface area contributed by atoms with E-state index in [1.54, 1.807) is 16.7 Å². The van der Waals surface area contributed by atoms with Crippen molar-refractivity contribution in [2.75, 3.05) is 19.4 Å². The number of nitrogens with one attached hydrogen (secondary N) is 1. The van der Waals surface area contributed by atoms with Gasteiger partial charge in [0.15, 0.2) is 0 Å². The first-order valence-electron chi connectivity index (χ1n) is 12.6. The highest BCUT2D eigenvalue weighted by molar-refractivity contribution is 7.98. The first kappa shape index (κ1) is 29.7. The average Bonchev–Trinajstić information content (AvgIpc) is 3.18. The van der Waals surface area contributed by atoms with E-state index < -0.39 is 11.4 Å². The lowest BCUT2D eigenvalue weighted by atomic mass is 9.87. The van der Waals surface area contributed by atoms with E-state index in [0.29, 0.717) is 17.9 Å². The van der Waals surface area contributed by atoms with Crippen molar-refractivity contribution in [3.8, 4) is 16.9 Å². The van der Waals surface area contributed by atoms with E-state index in [1.165, 1.54) is 12.5 Å². The predicted molar refractivity (Wildman–Crippen MR) is 154 cm³/mol. The molecule has 4 rings (SSSR count). The fourth-order valence-corrected chi connectivity index (χ4v) is 5.43. The number of carbonyl (C=O) groups excluding carboxylic acids is 1. The minimum absolute atomic E-state index is 0. The second-order valence-corrected chi connectivity index (χ2v) is 10.6. The maximum absolute atomic E-state index is 13.2. The predicted octanol–water partition coefficient (Wildman–Crippen LogP) is 4.24. The first-order valence-corrected chi connectivity index (χ1v) is 13.8. The number of nitrogens with two attached hydrogens (primary N) is 1. The minimum atomic E-state index is -1.45. The molecule has 3 aromatic carbocycles. The van der Waals surface area contributed by atoms with Crippen LogP contribution in [-0.4, -0.2) is 58.6 Å². The number of hydrogen-bond donors (Lipinski definition) is 3. The second kappa shape index (κ2) is 12.8. The number of nitrogens with zero attached hydrogens (tertiary/aromatic N) is 1. The second-order valence-electron chi connectivity index (χ2n) is 9.75. The van der Waals surface area contributed by atoms with Gasteiger partial charge in [-0.25, -0.2) is 0 Å². The molecule has 206 valence electrons. The maximum atomic E-state index is 13.2. The highest BCUT2D eigenvalue weighted by Gasteiger charge is 2.53. The van der Waals surface area contributed by atoms with E-state index in [1.807, 2.05) is 66.9 Å². The summed E-state index contributed by atoms with van der Waals surface area (Å²) in [5.41, 5.74) is 7.99. The van der Waals surface area contributed by atoms with Gasteiger partial charge >= 0.3 is 5.97 Å². The van der Waals surface area contributed by atoms with Gasteiger partial charge in [0.25, 0.3) is 0 Å². The van der Waals surface area contributed by atoms with Crippen molar-refractivity contribution < 1.29 is 24.9 Å². The molecule has 1 amide bonds. The standard InChI is InChI=1S/C30H33N3O4S.H2O/c1-30(29(35)36)18-24(33(28(30)34)16-6-9-20-7-4-3-5-8-20)19-37-25-15-14-23(17-26(25)38-2)21-10-12-22(13-11-21)27(31)32;/h3-5,7-8,10-15,17,24H,6,9,16,18-19H2,1-2H3,(H3,31,32)(H,35,36);1H2/t24-,30-;/m0./s1. The third-order valence-corrected chi connectivity index (χ3v) is 7.88. The van der Waals surface area contributed by atoms with E-state index >= 15 is 0 Å². The molecule has 0 unspecified atom stereocenters. The number of nitrogen functional groups attached to an aromatic ring is 1. The first-order chi connectivity index (χ1) is 18.2. The number of aliphatic carboxylic acids is 1. The number of hydrogen-bond acceptors (Lipinski definition) is 5. The molecular weight excluding hydrogens is 514 g/mol. The molecule has 0 spiro atoms. The highest BCUT2D eigenvalue weighted by atomic mass is 32.2. The van der Waals surface area contributed by atoms with Gasteiger partial charge in [-0.05, 0) is 61.3 Å². The summed E-state index contributed by atoms with van der Waals surface area (Å²) in [5.74, 6) is -0.713. The third kappa shape index (κ3) is 6.61. The normalized spacial score (nSPS) is 18.5. The number of rotatable bonds is 11. The Bertz CT molecular complexity index is 1320. The molecule has 1 aliphatic heterocycles. The van der Waals surface area contributed by atoms with Gasteiger partial charge in [0, 0.05) is 17.0 Å². The number of benzene rings is 3. The molecular formula is C30H35N3O5S. The molecule has 39 heavy (non-hydrogen) atoms. The molecule has 1 saturated heterocycles. The molecule has 0 aromatic heterocycles. The quantitative estimate of drug-likeness (QED) is 0.141. The van der Waals surface area contributed by atoms with Crippen LogP contribution < -0.4 is 10.5 Å². The molecule has 3 aromatic rings. The lowest BCUT2D eigenvalue weighted by Crippen LogP contribution is -2.41. The fraction of sp³-hybridized carbons (Fsp3) is 0.300. The number of amides is 1. The Morgan fingerprint density at radius 2 is 1.79 bits per heavy atom. The van der Waals surface area contributed by atoms with Crippen molar-refractivity contribution in [2.24, 2.45) is 11.1 Å². The van der Waals surface area contributed by atoms with Crippen molar-refractivity contribution in [1.29, 1.82) is 5.41 Å². The number of likely N-dealkylation sites (tertiary alicyclic amines) is 1. The topological polar surface area (TPSA) is 148 Å². The highest BCUT2D eigenvalue weighted by Crippen LogP contribution is 2.38. The van der Waals surface area contributed by atoms with Gasteiger partial charge in [-0.3, -0.25) is 15.0 Å². The summed E-state index contributed by atoms with van der Waals surface area (Å²) in [7, 11) is 0. The van der Waals surface area contributed by atoms with Crippen LogP contribution in [0.3, 0.4) is 0 Å². The summed E-state index contributed by atoms with van der Waals surface area (Å²) >= 11 is 1.56. The SMILES string of the molecule is CSc1cc(-c2ccc(C(=N)N)cc2)ccc1OC[C@@H]1C[C@](C)(C(=O)O)C(=O)N1CCCc1ccccc1.O. The lowest BCUT2D eigenvalue weighted by molar-refractivity contribution is -0.155. The zero-order valence-corrected chi connectivity index (χ0v) is 23.0. The monoisotopic (exact) mass is 549 g/mol. The number of carboxylic acid groups (broad SMARTS) is 1. The van der Waals surface area contributed by atoms with Crippen LogP contribution in [0.2, 0.25) is 0 Å². The Balaban J connectivity index is 0.00000420. The number of ether oxygens (including phenoxy) is 1. The number of carbonyl (C=O) groups is 2. The Morgan fingerprint density at radius 1 is 1.13 bits per heavy atom. The van der Waals surface area contributed by atoms with Crippen LogP contribution in [0, 0.1) is 10.8 Å². The smallest absolute Gasteiger partial charge is 0.319 e. The minimum Gasteiger partial charge on any atom is -0.490 e. The van der Waals surface area contributed by atoms with Gasteiger partial charge < -0.3 is 26.0 Å². The maximum Gasteiger partial charge on any atom is 0.319 e. The van der Waals surface area contributed by atoms with Crippen LogP contribution >= 0.6 is 11.8 Å². The van der Waals surface area contributed by atoms with Crippen molar-refractivity contribution >= 4 is 29.5 Å². The molecule has 2 atom stereocenters. The van der Waals surface area contributed by atoms with E-state index in [-0.39, 0.29) is 36.3 Å². The Morgan fingerprint density at radius 3 is 2.41 bits per heavy atom. The molecule has 6 N–H and O–H groups in total. The lowest BCUT2D eigenvalue weighted by Gasteiger charge is -2.25. The van der Waals surface area contributed by atoms with Crippen molar-refractivity contribution in [3.05, 3.63) is 83.9 Å². The van der Waals surface area contributed by atoms with Gasteiger partial charge in [-0.15, -0.1) is 11.8 Å². The number of thioether (sulfide) groups is 1. The molecule has 0 radical (unpaired) electrons. The zero-order valence-electron chi connectivity index (χ0n) is 22.1. The van der Waals surface area contributed by atoms with Gasteiger partial charge in [-0.2, -0.15) is 0 Å². The fourth-order valence-electron chi connectivity index (χ4n) is 4.86. The number of aryl methyl sites for hydroxylation is 1. The molecule has 1 heterocycles. The van der Waals surface area contributed by atoms with Gasteiger partial charge in [-0.1, -0.05) is 60.7 Å². The molecule has 1 aliphatic rings. The molecule has 9 heteroatoms. The van der Waals surface area contributed by atoms with Gasteiger partial charge in [0.2, 0.25) is 5.91 Å². The Kier molecular flexibility index (Phi) is 9.77. The summed E-state index contributed by atoms with van der Waals surface area (Å²) in [6, 6.07) is 23.2. The largest absolute Gasteiger partial charge is 0.490 e. The molecule has 0 aliphatic carbocycles.